The van der Waals surface area contributed by atoms with Crippen molar-refractivity contribution in [3.05, 3.63) is 54.5 Å². The summed E-state index contributed by atoms with van der Waals surface area (Å²) >= 11 is 0. The van der Waals surface area contributed by atoms with Gasteiger partial charge in [0, 0.05) is 0 Å². The standard InChI is InChI=1S/C29H40N5O8P/c1-18(2)23(28(37)40-19-10-6-4-7-11-19)33-43(38,42-20-12-8-5-9-13-20)39-16-29(3)26(36)24(35)25(41-29)21-14-15-22-27(30)31-17-32-34(21)22/h5,8-9,12-15,17-19,23-26,35-36H,4,6-7,10-11,16H2,1-3H3,(H,33,38)(H2,30,31,32)/t23-,24-,25-,26-,29+,43?/m0/s1. The molecular weight excluding hydrogens is 577 g/mol. The number of fused-ring (bicyclic) bond motifs is 1. The highest BCUT2D eigenvalue weighted by molar-refractivity contribution is 7.52. The number of nitrogens with one attached hydrogen (secondary N) is 1. The van der Waals surface area contributed by atoms with Gasteiger partial charge in [0.05, 0.1) is 12.3 Å². The molecule has 14 heteroatoms. The summed E-state index contributed by atoms with van der Waals surface area (Å²) in [5, 5.41) is 29.1. The number of aliphatic hydroxyl groups excluding tert-OH is 2. The third-order valence-electron chi connectivity index (χ3n) is 8.00. The number of esters is 1. The van der Waals surface area contributed by atoms with E-state index in [-0.39, 0.29) is 23.6 Å². The van der Waals surface area contributed by atoms with Gasteiger partial charge in [0.15, 0.2) is 5.82 Å². The number of hydrogen-bond acceptors (Lipinski definition) is 11. The fourth-order valence-corrected chi connectivity index (χ4v) is 7.24. The normalized spacial score (nSPS) is 26.8. The average Bonchev–Trinajstić information content (AvgIpc) is 3.52. The quantitative estimate of drug-likeness (QED) is 0.182. The van der Waals surface area contributed by atoms with Gasteiger partial charge in [0.25, 0.3) is 0 Å². The first kappa shape index (κ1) is 31.4. The molecule has 13 nitrogen and oxygen atoms in total. The monoisotopic (exact) mass is 617 g/mol. The maximum atomic E-state index is 14.3. The molecule has 0 spiro atoms. The van der Waals surface area contributed by atoms with Gasteiger partial charge in [0.2, 0.25) is 0 Å². The van der Waals surface area contributed by atoms with Gasteiger partial charge < -0.3 is 29.9 Å². The minimum atomic E-state index is -4.29. The fraction of sp³-hybridized carbons (Fsp3) is 0.552. The number of carbonyl (C=O) groups is 1. The number of rotatable bonds is 11. The van der Waals surface area contributed by atoms with Crippen LogP contribution < -0.4 is 15.3 Å². The van der Waals surface area contributed by atoms with Crippen molar-refractivity contribution in [3.8, 4) is 5.75 Å². The molecule has 0 amide bonds. The van der Waals surface area contributed by atoms with E-state index in [1.54, 1.807) is 56.3 Å². The van der Waals surface area contributed by atoms with Crippen LogP contribution in [-0.2, 0) is 23.4 Å². The molecule has 5 rings (SSSR count). The van der Waals surface area contributed by atoms with Gasteiger partial charge in [-0.2, -0.15) is 10.2 Å². The largest absolute Gasteiger partial charge is 0.461 e. The summed E-state index contributed by atoms with van der Waals surface area (Å²) < 4.78 is 39.5. The van der Waals surface area contributed by atoms with Crippen molar-refractivity contribution in [2.24, 2.45) is 5.92 Å². The van der Waals surface area contributed by atoms with Crippen LogP contribution in [-0.4, -0.2) is 67.3 Å². The lowest BCUT2D eigenvalue weighted by molar-refractivity contribution is -0.154. The molecular formula is C29H40N5O8P. The summed E-state index contributed by atoms with van der Waals surface area (Å²) in [5.41, 5.74) is 5.37. The molecule has 2 aliphatic rings. The first-order chi connectivity index (χ1) is 20.5. The summed E-state index contributed by atoms with van der Waals surface area (Å²) in [6, 6.07) is 10.8. The zero-order valence-electron chi connectivity index (χ0n) is 24.5. The number of nitrogens with zero attached hydrogens (tertiary/aromatic N) is 3. The minimum Gasteiger partial charge on any atom is -0.461 e. The van der Waals surface area contributed by atoms with Crippen molar-refractivity contribution in [1.29, 1.82) is 0 Å². The zero-order chi connectivity index (χ0) is 30.8. The Bertz CT molecular complexity index is 1450. The molecule has 2 aromatic heterocycles. The summed E-state index contributed by atoms with van der Waals surface area (Å²) in [6.45, 7) is 4.68. The first-order valence-electron chi connectivity index (χ1n) is 14.6. The lowest BCUT2D eigenvalue weighted by atomic mass is 9.97. The highest BCUT2D eigenvalue weighted by Crippen LogP contribution is 2.49. The molecule has 1 unspecified atom stereocenters. The second kappa shape index (κ2) is 12.9. The predicted octanol–water partition coefficient (Wildman–Crippen LogP) is 3.56. The Morgan fingerprint density at radius 1 is 1.19 bits per heavy atom. The SMILES string of the molecule is CC(C)[C@H](NP(=O)(OC[C@@]1(C)O[C@@H](c2ccc3c(N)ncnn23)[C@H](O)[C@@H]1O)Oc1ccccc1)C(=O)OC1CCCCC1. The Balaban J connectivity index is 1.36. The van der Waals surface area contributed by atoms with Gasteiger partial charge >= 0.3 is 13.7 Å². The second-order valence-corrected chi connectivity index (χ2v) is 13.4. The van der Waals surface area contributed by atoms with Gasteiger partial charge in [-0.3, -0.25) is 9.32 Å². The first-order valence-corrected chi connectivity index (χ1v) is 16.1. The molecule has 234 valence electrons. The summed E-state index contributed by atoms with van der Waals surface area (Å²) in [6.07, 6.45) is 1.92. The van der Waals surface area contributed by atoms with Crippen LogP contribution in [0.4, 0.5) is 5.82 Å². The Morgan fingerprint density at radius 2 is 1.91 bits per heavy atom. The van der Waals surface area contributed by atoms with Crippen LogP contribution in [0.2, 0.25) is 0 Å². The van der Waals surface area contributed by atoms with Crippen molar-refractivity contribution in [2.75, 3.05) is 12.3 Å². The number of hydrogen-bond donors (Lipinski definition) is 4. The summed E-state index contributed by atoms with van der Waals surface area (Å²) in [5.74, 6) is -0.372. The molecule has 3 heterocycles. The molecule has 1 saturated carbocycles. The van der Waals surface area contributed by atoms with Gasteiger partial charge in [-0.25, -0.2) is 14.1 Å². The van der Waals surface area contributed by atoms with E-state index in [0.717, 1.165) is 32.1 Å². The van der Waals surface area contributed by atoms with Crippen LogP contribution in [0.3, 0.4) is 0 Å². The predicted molar refractivity (Wildman–Crippen MR) is 157 cm³/mol. The number of anilines is 1. The molecule has 1 aliphatic heterocycles. The van der Waals surface area contributed by atoms with Crippen molar-refractivity contribution >= 4 is 25.1 Å². The maximum absolute atomic E-state index is 14.3. The summed E-state index contributed by atoms with van der Waals surface area (Å²) in [4.78, 5) is 17.2. The Hall–Kier alpha value is -3.06. The number of ether oxygens (including phenoxy) is 2. The van der Waals surface area contributed by atoms with Crippen molar-refractivity contribution < 1.29 is 38.1 Å². The van der Waals surface area contributed by atoms with E-state index in [9.17, 15) is 19.6 Å². The Labute approximate surface area is 250 Å². The van der Waals surface area contributed by atoms with Gasteiger partial charge in [-0.05, 0) is 62.8 Å². The van der Waals surface area contributed by atoms with E-state index < -0.39 is 50.3 Å². The van der Waals surface area contributed by atoms with Gasteiger partial charge in [-0.1, -0.05) is 38.5 Å². The van der Waals surface area contributed by atoms with Crippen molar-refractivity contribution in [2.45, 2.75) is 88.9 Å². The van der Waals surface area contributed by atoms with Gasteiger partial charge in [-0.15, -0.1) is 0 Å². The van der Waals surface area contributed by atoms with Crippen LogP contribution in [0.15, 0.2) is 48.8 Å². The second-order valence-electron chi connectivity index (χ2n) is 11.7. The molecule has 0 radical (unpaired) electrons. The smallest absolute Gasteiger partial charge is 0.459 e. The van der Waals surface area contributed by atoms with Crippen LogP contribution >= 0.6 is 7.75 Å². The maximum Gasteiger partial charge on any atom is 0.459 e. The molecule has 43 heavy (non-hydrogen) atoms. The van der Waals surface area contributed by atoms with Gasteiger partial charge in [0.1, 0.15) is 53.7 Å². The van der Waals surface area contributed by atoms with E-state index in [0.29, 0.717) is 11.2 Å². The van der Waals surface area contributed by atoms with Crippen LogP contribution in [0.25, 0.3) is 5.52 Å². The van der Waals surface area contributed by atoms with Crippen molar-refractivity contribution in [3.63, 3.8) is 0 Å². The lowest BCUT2D eigenvalue weighted by Crippen LogP contribution is -2.46. The number of nitrogen functional groups attached to an aromatic ring is 1. The molecule has 6 atom stereocenters. The van der Waals surface area contributed by atoms with E-state index >= 15 is 0 Å². The number of aliphatic hydroxyl groups is 2. The molecule has 1 aliphatic carbocycles. The fourth-order valence-electron chi connectivity index (χ4n) is 5.49. The number of aromatic nitrogens is 3. The topological polar surface area (TPSA) is 180 Å². The molecule has 1 aromatic carbocycles. The molecule has 5 N–H and O–H groups in total. The van der Waals surface area contributed by atoms with E-state index in [2.05, 4.69) is 15.2 Å². The zero-order valence-corrected chi connectivity index (χ0v) is 25.4. The van der Waals surface area contributed by atoms with Crippen LogP contribution in [0.5, 0.6) is 5.75 Å². The molecule has 3 aromatic rings. The van der Waals surface area contributed by atoms with E-state index in [4.69, 9.17) is 24.3 Å². The third kappa shape index (κ3) is 6.87. The van der Waals surface area contributed by atoms with Crippen molar-refractivity contribution in [1.82, 2.24) is 19.7 Å². The number of para-hydroxylation sites is 1. The Morgan fingerprint density at radius 3 is 2.60 bits per heavy atom. The molecule has 0 bridgehead atoms. The van der Waals surface area contributed by atoms with Crippen LogP contribution in [0, 0.1) is 5.92 Å². The number of nitrogens with two attached hydrogens (primary N) is 1. The molecule has 2 fully saturated rings. The highest BCUT2D eigenvalue weighted by Gasteiger charge is 2.54. The molecule has 1 saturated heterocycles. The summed E-state index contributed by atoms with van der Waals surface area (Å²) in [7, 11) is -4.29. The van der Waals surface area contributed by atoms with E-state index in [1.807, 2.05) is 0 Å². The lowest BCUT2D eigenvalue weighted by Gasteiger charge is -2.32. The van der Waals surface area contributed by atoms with Crippen LogP contribution in [0.1, 0.15) is 64.7 Å². The Kier molecular flexibility index (Phi) is 9.40. The highest BCUT2D eigenvalue weighted by atomic mass is 31.2. The average molecular weight is 618 g/mol. The van der Waals surface area contributed by atoms with E-state index in [1.165, 1.54) is 17.8 Å². The number of benzene rings is 1. The number of carbonyl (C=O) groups excluding carboxylic acids is 1. The minimum absolute atomic E-state index is 0.190. The third-order valence-corrected chi connectivity index (χ3v) is 9.52.